The molecule has 1 radical (unpaired) electrons. The van der Waals surface area contributed by atoms with Crippen LogP contribution in [-0.2, 0) is 6.42 Å². The second-order valence-electron chi connectivity index (χ2n) is 6.55. The van der Waals surface area contributed by atoms with E-state index >= 15 is 0 Å². The van der Waals surface area contributed by atoms with Gasteiger partial charge in [-0.25, -0.2) is 0 Å². The quantitative estimate of drug-likeness (QED) is 0.553. The first-order valence-corrected chi connectivity index (χ1v) is 8.69. The molecule has 0 saturated heterocycles. The number of aryl methyl sites for hydroxylation is 1. The summed E-state index contributed by atoms with van der Waals surface area (Å²) in [4.78, 5) is 0. The molecule has 0 bridgehead atoms. The third kappa shape index (κ3) is 3.48. The molecule has 0 unspecified atom stereocenters. The Labute approximate surface area is 129 Å². The van der Waals surface area contributed by atoms with Crippen LogP contribution in [-0.4, -0.2) is 0 Å². The van der Waals surface area contributed by atoms with E-state index in [-0.39, 0.29) is 0 Å². The van der Waals surface area contributed by atoms with Gasteiger partial charge in [0, 0.05) is 0 Å². The van der Waals surface area contributed by atoms with Gasteiger partial charge in [-0.1, -0.05) is 75.4 Å². The van der Waals surface area contributed by atoms with Crippen molar-refractivity contribution in [2.45, 2.75) is 63.7 Å². The molecule has 0 aromatic heterocycles. The zero-order valence-electron chi connectivity index (χ0n) is 13.1. The normalized spacial score (nSPS) is 16.4. The average Bonchev–Trinajstić information content (AvgIpc) is 2.55. The largest absolute Gasteiger partial charge is 0.0616 e. The first kappa shape index (κ1) is 14.6. The van der Waals surface area contributed by atoms with Crippen LogP contribution in [0.3, 0.4) is 0 Å². The van der Waals surface area contributed by atoms with Gasteiger partial charge in [0.15, 0.2) is 0 Å². The molecule has 0 heterocycles. The predicted octanol–water partition coefficient (Wildman–Crippen LogP) is 6.43. The summed E-state index contributed by atoms with van der Waals surface area (Å²) in [6.07, 6.45) is 11.8. The Hall–Kier alpha value is -1.30. The lowest BCUT2D eigenvalue weighted by Crippen LogP contribution is -2.05. The first-order chi connectivity index (χ1) is 10.4. The molecular weight excluding hydrogens is 252 g/mol. The molecule has 2 aromatic carbocycles. The maximum atomic E-state index is 3.97. The number of hydrogen-bond donors (Lipinski definition) is 0. The van der Waals surface area contributed by atoms with E-state index in [1.807, 2.05) is 0 Å². The minimum absolute atomic E-state index is 0.801. The van der Waals surface area contributed by atoms with E-state index in [9.17, 15) is 0 Å². The molecule has 0 nitrogen and oxygen atoms in total. The number of unbranched alkanes of at least 4 members (excludes halogenated alkanes) is 2. The van der Waals surface area contributed by atoms with Gasteiger partial charge in [0.25, 0.3) is 0 Å². The highest BCUT2D eigenvalue weighted by Crippen LogP contribution is 2.35. The summed E-state index contributed by atoms with van der Waals surface area (Å²) in [6.45, 7) is 3.97. The molecule has 0 spiro atoms. The number of rotatable bonds is 5. The molecule has 1 aliphatic carbocycles. The highest BCUT2D eigenvalue weighted by Gasteiger charge is 2.17. The lowest BCUT2D eigenvalue weighted by molar-refractivity contribution is 0.443. The van der Waals surface area contributed by atoms with Crippen molar-refractivity contribution in [1.29, 1.82) is 0 Å². The zero-order chi connectivity index (χ0) is 14.5. The Morgan fingerprint density at radius 3 is 2.57 bits per heavy atom. The monoisotopic (exact) mass is 279 g/mol. The van der Waals surface area contributed by atoms with Gasteiger partial charge in [0.1, 0.15) is 0 Å². The zero-order valence-corrected chi connectivity index (χ0v) is 13.1. The van der Waals surface area contributed by atoms with Crippen molar-refractivity contribution < 1.29 is 0 Å². The summed E-state index contributed by atoms with van der Waals surface area (Å²) < 4.78 is 0. The van der Waals surface area contributed by atoms with Crippen molar-refractivity contribution in [2.75, 3.05) is 0 Å². The molecule has 0 heteroatoms. The summed E-state index contributed by atoms with van der Waals surface area (Å²) in [5, 5.41) is 2.89. The fourth-order valence-electron chi connectivity index (χ4n) is 3.79. The summed E-state index contributed by atoms with van der Waals surface area (Å²) in [5.41, 5.74) is 3.15. The Bertz CT molecular complexity index is 576. The molecular formula is C21H27. The standard InChI is InChI=1S/C21H27/c1-2-3-5-12-18-15-20(17-10-6-4-7-11-17)16-19-13-8-9-14-21(18)19/h8-9,13-17H,1-7,10-12H2. The fourth-order valence-corrected chi connectivity index (χ4v) is 3.79. The Balaban J connectivity index is 1.93. The fraction of sp³-hybridized carbons (Fsp3) is 0.476. The minimum Gasteiger partial charge on any atom is -0.0616 e. The smallest absolute Gasteiger partial charge is 0.0152 e. The molecule has 1 saturated carbocycles. The van der Waals surface area contributed by atoms with Crippen molar-refractivity contribution in [3.05, 3.63) is 54.4 Å². The van der Waals surface area contributed by atoms with Crippen LogP contribution < -0.4 is 0 Å². The van der Waals surface area contributed by atoms with E-state index in [4.69, 9.17) is 0 Å². The van der Waals surface area contributed by atoms with Gasteiger partial charge < -0.3 is 0 Å². The maximum absolute atomic E-state index is 3.97. The molecule has 0 aliphatic heterocycles. The van der Waals surface area contributed by atoms with Crippen molar-refractivity contribution in [3.63, 3.8) is 0 Å². The number of fused-ring (bicyclic) bond motifs is 1. The van der Waals surface area contributed by atoms with Crippen LogP contribution in [0.15, 0.2) is 36.4 Å². The van der Waals surface area contributed by atoms with Crippen molar-refractivity contribution >= 4 is 10.8 Å². The van der Waals surface area contributed by atoms with Crippen molar-refractivity contribution in [1.82, 2.24) is 0 Å². The molecule has 21 heavy (non-hydrogen) atoms. The second-order valence-corrected chi connectivity index (χ2v) is 6.55. The topological polar surface area (TPSA) is 0 Å². The number of benzene rings is 2. The molecule has 2 aromatic rings. The highest BCUT2D eigenvalue weighted by atomic mass is 14.2. The summed E-state index contributed by atoms with van der Waals surface area (Å²) in [7, 11) is 0. The van der Waals surface area contributed by atoms with Crippen LogP contribution in [0.2, 0.25) is 0 Å². The van der Waals surface area contributed by atoms with Crippen LogP contribution >= 0.6 is 0 Å². The average molecular weight is 279 g/mol. The van der Waals surface area contributed by atoms with Gasteiger partial charge in [0.2, 0.25) is 0 Å². The van der Waals surface area contributed by atoms with Gasteiger partial charge in [-0.05, 0) is 53.5 Å². The molecule has 0 atom stereocenters. The van der Waals surface area contributed by atoms with E-state index < -0.39 is 0 Å². The lowest BCUT2D eigenvalue weighted by atomic mass is 9.82. The van der Waals surface area contributed by atoms with E-state index in [1.165, 1.54) is 62.1 Å². The van der Waals surface area contributed by atoms with E-state index in [0.29, 0.717) is 0 Å². The third-order valence-electron chi connectivity index (χ3n) is 4.99. The minimum atomic E-state index is 0.801. The molecule has 1 aliphatic rings. The van der Waals surface area contributed by atoms with Gasteiger partial charge in [-0.2, -0.15) is 0 Å². The van der Waals surface area contributed by atoms with E-state index in [0.717, 1.165) is 12.3 Å². The van der Waals surface area contributed by atoms with Crippen LogP contribution in [0.25, 0.3) is 10.8 Å². The molecule has 111 valence electrons. The van der Waals surface area contributed by atoms with Crippen LogP contribution in [0.5, 0.6) is 0 Å². The lowest BCUT2D eigenvalue weighted by Gasteiger charge is -2.23. The third-order valence-corrected chi connectivity index (χ3v) is 4.99. The molecule has 1 fully saturated rings. The molecule has 3 rings (SSSR count). The number of hydrogen-bond acceptors (Lipinski definition) is 0. The van der Waals surface area contributed by atoms with Gasteiger partial charge in [0.05, 0.1) is 0 Å². The first-order valence-electron chi connectivity index (χ1n) is 8.69. The van der Waals surface area contributed by atoms with Gasteiger partial charge in [-0.15, -0.1) is 0 Å². The Kier molecular flexibility index (Phi) is 4.95. The van der Waals surface area contributed by atoms with Gasteiger partial charge >= 0.3 is 0 Å². The SMILES string of the molecule is [CH2]CCCCc1cc(C2CCCCC2)cc2ccccc12. The van der Waals surface area contributed by atoms with E-state index in [1.54, 1.807) is 11.1 Å². The van der Waals surface area contributed by atoms with Crippen molar-refractivity contribution in [2.24, 2.45) is 0 Å². The van der Waals surface area contributed by atoms with Crippen LogP contribution in [0.4, 0.5) is 0 Å². The van der Waals surface area contributed by atoms with Crippen LogP contribution in [0, 0.1) is 6.92 Å². The van der Waals surface area contributed by atoms with E-state index in [2.05, 4.69) is 43.3 Å². The van der Waals surface area contributed by atoms with Gasteiger partial charge in [-0.3, -0.25) is 0 Å². The Morgan fingerprint density at radius 2 is 1.76 bits per heavy atom. The van der Waals surface area contributed by atoms with Crippen LogP contribution in [0.1, 0.15) is 68.4 Å². The Morgan fingerprint density at radius 1 is 0.952 bits per heavy atom. The predicted molar refractivity (Wildman–Crippen MR) is 92.7 cm³/mol. The summed E-state index contributed by atoms with van der Waals surface area (Å²) in [6, 6.07) is 13.9. The maximum Gasteiger partial charge on any atom is -0.0152 e. The highest BCUT2D eigenvalue weighted by molar-refractivity contribution is 5.86. The molecule has 0 N–H and O–H groups in total. The molecule has 0 amide bonds. The van der Waals surface area contributed by atoms with Crippen molar-refractivity contribution in [3.8, 4) is 0 Å². The summed E-state index contributed by atoms with van der Waals surface area (Å²) in [5.74, 6) is 0.801. The second kappa shape index (κ2) is 7.11. The summed E-state index contributed by atoms with van der Waals surface area (Å²) >= 11 is 0.